The van der Waals surface area contributed by atoms with Gasteiger partial charge in [-0.25, -0.2) is 4.79 Å². The quantitative estimate of drug-likeness (QED) is 0.191. The molecule has 1 aliphatic carbocycles. The van der Waals surface area contributed by atoms with Crippen LogP contribution >= 0.6 is 11.6 Å². The van der Waals surface area contributed by atoms with Crippen molar-refractivity contribution < 1.29 is 32.3 Å². The first kappa shape index (κ1) is 40.3. The predicted molar refractivity (Wildman–Crippen MR) is 212 cm³/mol. The number of benzene rings is 2. The van der Waals surface area contributed by atoms with Crippen LogP contribution in [0.25, 0.3) is 10.9 Å². The molecule has 0 bridgehead atoms. The number of carbonyl (C=O) groups excluding carboxylic acids is 3. The molecule has 0 unspecified atom stereocenters. The van der Waals surface area contributed by atoms with Gasteiger partial charge in [-0.3, -0.25) is 24.5 Å². The Bertz CT molecular complexity index is 2240. The Labute approximate surface area is 343 Å². The third-order valence-electron chi connectivity index (χ3n) is 12.0. The fraction of sp³-hybridized carbons (Fsp3) is 0.488. The van der Waals surface area contributed by atoms with Crippen LogP contribution in [0.5, 0.6) is 5.75 Å². The van der Waals surface area contributed by atoms with E-state index in [1.807, 2.05) is 12.1 Å². The van der Waals surface area contributed by atoms with Gasteiger partial charge in [0.2, 0.25) is 5.91 Å². The molecule has 1 saturated carbocycles. The topological polar surface area (TPSA) is 162 Å². The second kappa shape index (κ2) is 17.0. The number of nitriles is 1. The highest BCUT2D eigenvalue weighted by atomic mass is 35.5. The third kappa shape index (κ3) is 9.08. The number of nitrogens with one attached hydrogen (secondary N) is 2. The second-order valence-corrected chi connectivity index (χ2v) is 16.2. The molecule has 3 saturated heterocycles. The van der Waals surface area contributed by atoms with Crippen LogP contribution < -0.4 is 25.2 Å². The normalized spacial score (nSPS) is 21.3. The van der Waals surface area contributed by atoms with Gasteiger partial charge in [0.05, 0.1) is 45.7 Å². The van der Waals surface area contributed by atoms with Crippen molar-refractivity contribution in [1.29, 1.82) is 5.26 Å². The van der Waals surface area contributed by atoms with Gasteiger partial charge in [-0.1, -0.05) is 11.6 Å². The van der Waals surface area contributed by atoms with Crippen molar-refractivity contribution in [2.45, 2.75) is 82.2 Å². The molecule has 0 atom stereocenters. The minimum absolute atomic E-state index is 0.00157. The van der Waals surface area contributed by atoms with E-state index in [9.17, 15) is 27.6 Å². The number of amides is 4. The number of hydrogen-bond donors (Lipinski definition) is 2. The zero-order valence-electron chi connectivity index (χ0n) is 32.3. The van der Waals surface area contributed by atoms with Crippen LogP contribution in [0.1, 0.15) is 85.4 Å². The number of alkyl halides is 3. The number of carbonyl (C=O) groups is 3. The first-order valence-electron chi connectivity index (χ1n) is 20.1. The molecule has 14 nitrogen and oxygen atoms in total. The fourth-order valence-corrected chi connectivity index (χ4v) is 8.92. The first-order chi connectivity index (χ1) is 28.4. The van der Waals surface area contributed by atoms with E-state index in [4.69, 9.17) is 21.6 Å². The van der Waals surface area contributed by atoms with E-state index in [2.05, 4.69) is 35.7 Å². The van der Waals surface area contributed by atoms with Crippen molar-refractivity contribution in [1.82, 2.24) is 35.5 Å². The van der Waals surface area contributed by atoms with Gasteiger partial charge in [-0.15, -0.1) is 10.2 Å². The number of rotatable bonds is 9. The number of aromatic nitrogens is 4. The summed E-state index contributed by atoms with van der Waals surface area (Å²) in [5.41, 5.74) is 0.218. The predicted octanol–water partition coefficient (Wildman–Crippen LogP) is 6.49. The Balaban J connectivity index is 0.790. The molecule has 18 heteroatoms. The maximum Gasteiger partial charge on any atom is 0.416 e. The molecule has 2 N–H and O–H groups in total. The maximum atomic E-state index is 14.0. The van der Waals surface area contributed by atoms with Gasteiger partial charge in [0.25, 0.3) is 5.91 Å². The van der Waals surface area contributed by atoms with Crippen LogP contribution in [-0.2, 0) is 11.0 Å². The number of nitrogens with zero attached hydrogens (tertiary/aromatic N) is 8. The van der Waals surface area contributed by atoms with Crippen LogP contribution in [-0.4, -0.2) is 94.1 Å². The van der Waals surface area contributed by atoms with Crippen molar-refractivity contribution >= 4 is 51.9 Å². The van der Waals surface area contributed by atoms with E-state index < -0.39 is 23.7 Å². The van der Waals surface area contributed by atoms with E-state index in [1.165, 1.54) is 11.1 Å². The zero-order chi connectivity index (χ0) is 41.3. The summed E-state index contributed by atoms with van der Waals surface area (Å²) in [4.78, 5) is 43.1. The van der Waals surface area contributed by atoms with Gasteiger partial charge in [-0.2, -0.15) is 23.5 Å². The van der Waals surface area contributed by atoms with Crippen molar-refractivity contribution in [2.75, 3.05) is 49.1 Å². The molecule has 59 heavy (non-hydrogen) atoms. The smallest absolute Gasteiger partial charge is 0.416 e. The minimum atomic E-state index is -4.63. The van der Waals surface area contributed by atoms with E-state index in [-0.39, 0.29) is 48.4 Å². The van der Waals surface area contributed by atoms with Gasteiger partial charge in [0, 0.05) is 63.2 Å². The van der Waals surface area contributed by atoms with Crippen molar-refractivity contribution in [2.24, 2.45) is 5.92 Å². The summed E-state index contributed by atoms with van der Waals surface area (Å²) in [6, 6.07) is 11.9. The van der Waals surface area contributed by atoms with E-state index in [0.717, 1.165) is 102 Å². The van der Waals surface area contributed by atoms with Crippen LogP contribution in [0, 0.1) is 17.2 Å². The summed E-state index contributed by atoms with van der Waals surface area (Å²) in [7, 11) is 0. The number of halogens is 4. The summed E-state index contributed by atoms with van der Waals surface area (Å²) in [6.45, 7) is 4.11. The zero-order valence-corrected chi connectivity index (χ0v) is 33.0. The number of urea groups is 1. The maximum absolute atomic E-state index is 14.0. The number of piperidine rings is 2. The molecule has 4 amide bonds. The molecule has 8 rings (SSSR count). The fourth-order valence-electron chi connectivity index (χ4n) is 8.71. The van der Waals surface area contributed by atoms with Crippen LogP contribution in [0.4, 0.5) is 29.5 Å². The van der Waals surface area contributed by atoms with Gasteiger partial charge in [-0.05, 0) is 93.7 Å². The van der Waals surface area contributed by atoms with Crippen LogP contribution in [0.3, 0.4) is 0 Å². The van der Waals surface area contributed by atoms with Crippen molar-refractivity contribution in [3.05, 3.63) is 70.5 Å². The molecule has 2 aromatic heterocycles. The lowest BCUT2D eigenvalue weighted by atomic mass is 9.92. The lowest BCUT2D eigenvalue weighted by Gasteiger charge is -2.38. The highest BCUT2D eigenvalue weighted by molar-refractivity contribution is 6.31. The second-order valence-electron chi connectivity index (χ2n) is 15.8. The lowest BCUT2D eigenvalue weighted by molar-refractivity contribution is -0.137. The summed E-state index contributed by atoms with van der Waals surface area (Å²) in [5.74, 6) is 1.13. The molecular formula is C41H44ClF3N10O4. The third-order valence-corrected chi connectivity index (χ3v) is 12.3. The molecule has 0 radical (unpaired) electrons. The molecule has 4 fully saturated rings. The monoisotopic (exact) mass is 832 g/mol. The average molecular weight is 833 g/mol. The van der Waals surface area contributed by atoms with E-state index >= 15 is 0 Å². The number of anilines is 2. The summed E-state index contributed by atoms with van der Waals surface area (Å²) >= 11 is 6.14. The van der Waals surface area contributed by atoms with Gasteiger partial charge < -0.3 is 19.9 Å². The minimum Gasteiger partial charge on any atom is -0.490 e. The lowest BCUT2D eigenvalue weighted by Crippen LogP contribution is -2.49. The van der Waals surface area contributed by atoms with Gasteiger partial charge >= 0.3 is 12.2 Å². The standard InChI is InChI=1S/C41H44ClF3N10O4/c42-33-21-31(4-1-26(33)22-46)59-30-5-2-28(3-6-30)48-39(57)34-7-8-37(51-50-34)53-16-9-25(10-17-53)24-52-14-11-29(12-15-52)55-36-20-27(41(43,44)45)19-35(32(36)23-47-55)54-18-13-38(56)49-40(54)58/h1,4,7-8,19-21,23,25,28-30H,2-3,5-6,9-18,24H2,(H,48,57)(H,49,56,58). The number of hydrogen-bond acceptors (Lipinski definition) is 10. The molecule has 5 heterocycles. The number of likely N-dealkylation sites (tertiary alicyclic amines) is 1. The summed E-state index contributed by atoms with van der Waals surface area (Å²) < 4.78 is 49.9. The molecule has 0 spiro atoms. The average Bonchev–Trinajstić information content (AvgIpc) is 3.66. The molecule has 2 aromatic carbocycles. The Morgan fingerprint density at radius 1 is 0.949 bits per heavy atom. The summed E-state index contributed by atoms with van der Waals surface area (Å²) in [6.07, 6.45) is 3.34. The SMILES string of the molecule is N#Cc1ccc(OC2CCC(NC(=O)c3ccc(N4CCC(CN5CCC(n6ncc7c(N8CCC(=O)NC8=O)cc(C(F)(F)F)cc76)CC5)CC4)nn3)CC2)cc1Cl. The van der Waals surface area contributed by atoms with Gasteiger partial charge in [0.15, 0.2) is 11.5 Å². The summed E-state index contributed by atoms with van der Waals surface area (Å²) in [5, 5.41) is 28.4. The molecule has 4 aliphatic rings. The Hall–Kier alpha value is -5.47. The molecule has 3 aliphatic heterocycles. The Morgan fingerprint density at radius 2 is 1.71 bits per heavy atom. The van der Waals surface area contributed by atoms with Crippen LogP contribution in [0.15, 0.2) is 48.7 Å². The molecule has 310 valence electrons. The van der Waals surface area contributed by atoms with Gasteiger partial charge in [0.1, 0.15) is 11.8 Å². The van der Waals surface area contributed by atoms with Crippen molar-refractivity contribution in [3.8, 4) is 11.8 Å². The molecular weight excluding hydrogens is 789 g/mol. The van der Waals surface area contributed by atoms with E-state index in [0.29, 0.717) is 33.2 Å². The molecule has 4 aromatic rings. The largest absolute Gasteiger partial charge is 0.490 e. The number of ether oxygens (including phenoxy) is 1. The highest BCUT2D eigenvalue weighted by Gasteiger charge is 2.36. The number of fused-ring (bicyclic) bond motifs is 1. The Kier molecular flexibility index (Phi) is 11.6. The van der Waals surface area contributed by atoms with Crippen molar-refractivity contribution in [3.63, 3.8) is 0 Å². The highest BCUT2D eigenvalue weighted by Crippen LogP contribution is 2.39. The first-order valence-corrected chi connectivity index (χ1v) is 20.5. The van der Waals surface area contributed by atoms with Crippen LogP contribution in [0.2, 0.25) is 5.02 Å². The van der Waals surface area contributed by atoms with E-state index in [1.54, 1.807) is 28.9 Å². The Morgan fingerprint density at radius 3 is 2.37 bits per heavy atom. The number of imide groups is 1.